The molecule has 1 aliphatic rings. The molecule has 3 N–H and O–H groups in total. The summed E-state index contributed by atoms with van der Waals surface area (Å²) in [4.78, 5) is 31.1. The lowest BCUT2D eigenvalue weighted by Gasteiger charge is -2.28. The molecular formula is C40H65N5O3. The highest BCUT2D eigenvalue weighted by Crippen LogP contribution is 2.29. The molecule has 8 nitrogen and oxygen atoms in total. The first-order valence-electron chi connectivity index (χ1n) is 18.2. The highest BCUT2D eigenvalue weighted by atomic mass is 16.5. The van der Waals surface area contributed by atoms with Gasteiger partial charge < -0.3 is 20.9 Å². The van der Waals surface area contributed by atoms with Crippen LogP contribution < -0.4 is 10.1 Å². The van der Waals surface area contributed by atoms with Crippen LogP contribution in [-0.4, -0.2) is 53.2 Å². The molecule has 1 aromatic heterocycles. The van der Waals surface area contributed by atoms with Crippen molar-refractivity contribution in [3.63, 3.8) is 0 Å². The summed E-state index contributed by atoms with van der Waals surface area (Å²) in [6.45, 7) is 18.4. The molecule has 3 rings (SSSR count). The van der Waals surface area contributed by atoms with Crippen LogP contribution in [0.2, 0.25) is 0 Å². The Labute approximate surface area is 291 Å². The number of carbonyl (C=O) groups is 2. The number of methoxy groups -OCH3 is 1. The molecule has 8 heteroatoms. The van der Waals surface area contributed by atoms with E-state index in [4.69, 9.17) is 15.6 Å². The molecule has 0 bridgehead atoms. The quantitative estimate of drug-likeness (QED) is 0.115. The van der Waals surface area contributed by atoms with Gasteiger partial charge in [0.1, 0.15) is 17.4 Å². The third kappa shape index (κ3) is 16.1. The molecule has 0 aliphatic carbocycles. The highest BCUT2D eigenvalue weighted by molar-refractivity contribution is 6.06. The first-order valence-corrected chi connectivity index (χ1v) is 18.2. The summed E-state index contributed by atoms with van der Waals surface area (Å²) < 4.78 is 5.49. The van der Waals surface area contributed by atoms with Gasteiger partial charge in [-0.2, -0.15) is 0 Å². The standard InChI is InChI=1S/C24H30N4O3.C9H20.C7H15N/c1-5-15(2)23(25)20-7-6-8-22(26-20)27-24(30)19-11-18-14-28(13-16(3)29)10-9-17(18)12-21(19)31-4;1-4-6-7-8-9(3)5-2;1-3-4-5-6-7(2)8/h6-8,11-12,15,25H,5,9-10,13-14H2,1-4H3,(H,26,27,30);9H,4-8H2,1-3H3;8H,3-6H2,1-2H3. The van der Waals surface area contributed by atoms with E-state index in [9.17, 15) is 9.59 Å². The van der Waals surface area contributed by atoms with Gasteiger partial charge in [-0.15, -0.1) is 0 Å². The summed E-state index contributed by atoms with van der Waals surface area (Å²) in [5.74, 6) is 1.77. The molecule has 0 saturated carbocycles. The number of ketones is 1. The van der Waals surface area contributed by atoms with Crippen LogP contribution in [-0.2, 0) is 17.8 Å². The van der Waals surface area contributed by atoms with Crippen LogP contribution in [0.5, 0.6) is 5.75 Å². The van der Waals surface area contributed by atoms with Crippen molar-refractivity contribution < 1.29 is 14.3 Å². The van der Waals surface area contributed by atoms with E-state index in [1.807, 2.05) is 32.9 Å². The summed E-state index contributed by atoms with van der Waals surface area (Å²) in [6.07, 6.45) is 13.4. The number of unbranched alkanes of at least 4 members (excludes halogenated alkanes) is 4. The maximum atomic E-state index is 13.1. The summed E-state index contributed by atoms with van der Waals surface area (Å²) in [6, 6.07) is 9.05. The predicted molar refractivity (Wildman–Crippen MR) is 202 cm³/mol. The lowest BCUT2D eigenvalue weighted by molar-refractivity contribution is -0.118. The van der Waals surface area contributed by atoms with E-state index in [1.165, 1.54) is 51.4 Å². The Balaban J connectivity index is 0.000000557. The zero-order valence-corrected chi connectivity index (χ0v) is 31.6. The third-order valence-electron chi connectivity index (χ3n) is 8.83. The van der Waals surface area contributed by atoms with Gasteiger partial charge in [0.15, 0.2) is 0 Å². The number of Topliss-reactive ketones (excluding diaryl/α,β-unsaturated/α-hetero) is 1. The van der Waals surface area contributed by atoms with Crippen LogP contribution in [0.4, 0.5) is 5.82 Å². The Morgan fingerprint density at radius 3 is 2.23 bits per heavy atom. The summed E-state index contributed by atoms with van der Waals surface area (Å²) in [7, 11) is 1.55. The zero-order chi connectivity index (χ0) is 36.1. The maximum absolute atomic E-state index is 13.1. The molecule has 2 aromatic rings. The summed E-state index contributed by atoms with van der Waals surface area (Å²) in [5, 5.41) is 18.2. The number of fused-ring (bicyclic) bond motifs is 1. The molecule has 1 amide bonds. The Bertz CT molecular complexity index is 1290. The average Bonchev–Trinajstić information content (AvgIpc) is 3.07. The van der Waals surface area contributed by atoms with Crippen LogP contribution in [0, 0.1) is 22.7 Å². The fraction of sp³-hybridized carbons (Fsp3) is 0.625. The molecule has 2 unspecified atom stereocenters. The van der Waals surface area contributed by atoms with Crippen molar-refractivity contribution in [2.45, 2.75) is 133 Å². The van der Waals surface area contributed by atoms with Crippen molar-refractivity contribution in [1.82, 2.24) is 9.88 Å². The third-order valence-corrected chi connectivity index (χ3v) is 8.83. The minimum atomic E-state index is -0.317. The number of hydrogen-bond donors (Lipinski definition) is 3. The number of nitrogens with one attached hydrogen (secondary N) is 3. The van der Waals surface area contributed by atoms with Crippen LogP contribution in [0.25, 0.3) is 0 Å². The fourth-order valence-electron chi connectivity index (χ4n) is 5.32. The number of ether oxygens (including phenoxy) is 1. The van der Waals surface area contributed by atoms with E-state index >= 15 is 0 Å². The number of hydrogen-bond acceptors (Lipinski definition) is 7. The van der Waals surface area contributed by atoms with Crippen molar-refractivity contribution >= 4 is 28.9 Å². The average molecular weight is 664 g/mol. The number of rotatable bonds is 17. The summed E-state index contributed by atoms with van der Waals surface area (Å²) in [5.41, 5.74) is 4.42. The van der Waals surface area contributed by atoms with Crippen molar-refractivity contribution in [1.29, 1.82) is 10.8 Å². The van der Waals surface area contributed by atoms with Crippen LogP contribution >= 0.6 is 0 Å². The Morgan fingerprint density at radius 1 is 0.958 bits per heavy atom. The molecule has 0 spiro atoms. The Kier molecular flexibility index (Phi) is 21.2. The number of amides is 1. The Morgan fingerprint density at radius 2 is 1.65 bits per heavy atom. The minimum Gasteiger partial charge on any atom is -0.496 e. The molecule has 2 heterocycles. The van der Waals surface area contributed by atoms with Crippen LogP contribution in [0.1, 0.15) is 147 Å². The first kappa shape index (κ1) is 42.6. The van der Waals surface area contributed by atoms with Crippen LogP contribution in [0.3, 0.4) is 0 Å². The molecule has 268 valence electrons. The SMILES string of the molecule is CCC(C)C(=N)c1cccc(NC(=O)c2cc3c(cc2OC)CCN(CC(C)=O)C3)n1.CCCCCC(C)=N.CCCCCC(C)CC. The number of nitrogens with zero attached hydrogens (tertiary/aromatic N) is 2. The van der Waals surface area contributed by atoms with Crippen LogP contribution in [0.15, 0.2) is 30.3 Å². The highest BCUT2D eigenvalue weighted by Gasteiger charge is 2.23. The van der Waals surface area contributed by atoms with Crippen molar-refractivity contribution in [3.8, 4) is 5.75 Å². The number of carbonyl (C=O) groups excluding carboxylic acids is 2. The van der Waals surface area contributed by atoms with Gasteiger partial charge in [0, 0.05) is 18.8 Å². The topological polar surface area (TPSA) is 119 Å². The van der Waals surface area contributed by atoms with Gasteiger partial charge in [-0.1, -0.05) is 92.6 Å². The van der Waals surface area contributed by atoms with Crippen molar-refractivity contribution in [2.75, 3.05) is 25.5 Å². The lowest BCUT2D eigenvalue weighted by Crippen LogP contribution is -2.34. The summed E-state index contributed by atoms with van der Waals surface area (Å²) >= 11 is 0. The zero-order valence-electron chi connectivity index (χ0n) is 31.6. The predicted octanol–water partition coefficient (Wildman–Crippen LogP) is 9.92. The fourth-order valence-corrected chi connectivity index (χ4v) is 5.32. The van der Waals surface area contributed by atoms with Gasteiger partial charge >= 0.3 is 0 Å². The number of anilines is 1. The molecule has 2 atom stereocenters. The van der Waals surface area contributed by atoms with E-state index < -0.39 is 0 Å². The number of pyridine rings is 1. The minimum absolute atomic E-state index is 0.0946. The van der Waals surface area contributed by atoms with E-state index in [2.05, 4.69) is 42.9 Å². The van der Waals surface area contributed by atoms with E-state index in [-0.39, 0.29) is 17.6 Å². The van der Waals surface area contributed by atoms with E-state index in [1.54, 1.807) is 32.2 Å². The van der Waals surface area contributed by atoms with Gasteiger partial charge in [-0.3, -0.25) is 14.5 Å². The monoisotopic (exact) mass is 664 g/mol. The lowest BCUT2D eigenvalue weighted by atomic mass is 9.96. The second-order valence-electron chi connectivity index (χ2n) is 13.3. The molecular weight excluding hydrogens is 598 g/mol. The molecule has 1 aliphatic heterocycles. The van der Waals surface area contributed by atoms with Gasteiger partial charge in [0.2, 0.25) is 0 Å². The molecule has 0 fully saturated rings. The second-order valence-corrected chi connectivity index (χ2v) is 13.3. The van der Waals surface area contributed by atoms with Crippen molar-refractivity contribution in [2.24, 2.45) is 11.8 Å². The Hall–Kier alpha value is -3.39. The molecule has 0 radical (unpaired) electrons. The van der Waals surface area contributed by atoms with Crippen molar-refractivity contribution in [3.05, 3.63) is 52.7 Å². The van der Waals surface area contributed by atoms with E-state index in [0.29, 0.717) is 41.6 Å². The van der Waals surface area contributed by atoms with Gasteiger partial charge in [-0.05, 0) is 86.8 Å². The van der Waals surface area contributed by atoms with Gasteiger partial charge in [0.25, 0.3) is 5.91 Å². The van der Waals surface area contributed by atoms with Gasteiger partial charge in [0.05, 0.1) is 30.6 Å². The number of aromatic nitrogens is 1. The number of benzene rings is 1. The molecule has 48 heavy (non-hydrogen) atoms. The normalized spacial score (nSPS) is 13.4. The smallest absolute Gasteiger partial charge is 0.260 e. The van der Waals surface area contributed by atoms with E-state index in [0.717, 1.165) is 48.6 Å². The first-order chi connectivity index (χ1) is 22.9. The molecule has 1 aromatic carbocycles. The second kappa shape index (κ2) is 23.9. The molecule has 0 saturated heterocycles. The van der Waals surface area contributed by atoms with Gasteiger partial charge in [-0.25, -0.2) is 4.98 Å². The largest absolute Gasteiger partial charge is 0.496 e. The maximum Gasteiger partial charge on any atom is 0.260 e.